The molecule has 1 atom stereocenters. The normalized spacial score (nSPS) is 23.6. The number of rotatable bonds is 3. The van der Waals surface area contributed by atoms with Crippen LogP contribution in [0.1, 0.15) is 12.8 Å². The molecule has 114 valence electrons. The van der Waals surface area contributed by atoms with E-state index in [-0.39, 0.29) is 6.10 Å². The SMILES string of the molecule is NC(=NCC1CCCO1)N1CCN(c2ncccn2)CC1. The van der Waals surface area contributed by atoms with Crippen LogP contribution >= 0.6 is 0 Å². The molecule has 2 aliphatic heterocycles. The Morgan fingerprint density at radius 3 is 2.71 bits per heavy atom. The predicted molar refractivity (Wildman–Crippen MR) is 81.3 cm³/mol. The predicted octanol–water partition coefficient (Wildman–Crippen LogP) is 0.0923. The van der Waals surface area contributed by atoms with Crippen molar-refractivity contribution < 1.29 is 4.74 Å². The molecule has 21 heavy (non-hydrogen) atoms. The highest BCUT2D eigenvalue weighted by Crippen LogP contribution is 2.13. The number of ether oxygens (including phenoxy) is 1. The third-order valence-corrected chi connectivity index (χ3v) is 3.92. The van der Waals surface area contributed by atoms with Gasteiger partial charge in [0.05, 0.1) is 12.6 Å². The van der Waals surface area contributed by atoms with Gasteiger partial charge in [0.1, 0.15) is 0 Å². The zero-order chi connectivity index (χ0) is 14.5. The van der Waals surface area contributed by atoms with Gasteiger partial charge in [-0.25, -0.2) is 9.97 Å². The van der Waals surface area contributed by atoms with Crippen LogP contribution in [-0.2, 0) is 4.74 Å². The highest BCUT2D eigenvalue weighted by Gasteiger charge is 2.20. The van der Waals surface area contributed by atoms with E-state index in [1.54, 1.807) is 12.4 Å². The van der Waals surface area contributed by atoms with Gasteiger partial charge in [0.15, 0.2) is 5.96 Å². The van der Waals surface area contributed by atoms with Crippen LogP contribution in [0.5, 0.6) is 0 Å². The lowest BCUT2D eigenvalue weighted by Gasteiger charge is -2.35. The first-order valence-corrected chi connectivity index (χ1v) is 7.51. The fourth-order valence-corrected chi connectivity index (χ4v) is 2.67. The topological polar surface area (TPSA) is 79.9 Å². The second kappa shape index (κ2) is 6.71. The van der Waals surface area contributed by atoms with Crippen LogP contribution in [0, 0.1) is 0 Å². The molecule has 0 aliphatic carbocycles. The third kappa shape index (κ3) is 3.60. The average Bonchev–Trinajstić information content (AvgIpc) is 3.07. The Balaban J connectivity index is 1.49. The largest absolute Gasteiger partial charge is 0.376 e. The molecule has 0 saturated carbocycles. The fraction of sp³-hybridized carbons (Fsp3) is 0.643. The van der Waals surface area contributed by atoms with Gasteiger partial charge < -0.3 is 20.3 Å². The van der Waals surface area contributed by atoms with Crippen LogP contribution < -0.4 is 10.6 Å². The molecule has 0 radical (unpaired) electrons. The average molecular weight is 290 g/mol. The van der Waals surface area contributed by atoms with E-state index in [9.17, 15) is 0 Å². The van der Waals surface area contributed by atoms with Crippen LogP contribution in [-0.4, -0.2) is 66.3 Å². The maximum Gasteiger partial charge on any atom is 0.225 e. The van der Waals surface area contributed by atoms with E-state index >= 15 is 0 Å². The summed E-state index contributed by atoms with van der Waals surface area (Å²) in [4.78, 5) is 17.3. The van der Waals surface area contributed by atoms with Gasteiger partial charge >= 0.3 is 0 Å². The van der Waals surface area contributed by atoms with E-state index < -0.39 is 0 Å². The quantitative estimate of drug-likeness (QED) is 0.628. The van der Waals surface area contributed by atoms with Gasteiger partial charge in [-0.05, 0) is 18.9 Å². The summed E-state index contributed by atoms with van der Waals surface area (Å²) >= 11 is 0. The summed E-state index contributed by atoms with van der Waals surface area (Å²) in [6, 6.07) is 1.83. The Kier molecular flexibility index (Phi) is 4.49. The minimum Gasteiger partial charge on any atom is -0.376 e. The van der Waals surface area contributed by atoms with Crippen molar-refractivity contribution in [2.75, 3.05) is 44.2 Å². The highest BCUT2D eigenvalue weighted by molar-refractivity contribution is 5.78. The van der Waals surface area contributed by atoms with Crippen molar-refractivity contribution in [3.63, 3.8) is 0 Å². The third-order valence-electron chi connectivity index (χ3n) is 3.92. The van der Waals surface area contributed by atoms with Gasteiger partial charge in [0.25, 0.3) is 0 Å². The van der Waals surface area contributed by atoms with E-state index in [4.69, 9.17) is 10.5 Å². The van der Waals surface area contributed by atoms with Gasteiger partial charge in [-0.2, -0.15) is 0 Å². The number of hydrogen-bond donors (Lipinski definition) is 1. The van der Waals surface area contributed by atoms with Gasteiger partial charge in [-0.15, -0.1) is 0 Å². The molecule has 1 unspecified atom stereocenters. The first kappa shape index (κ1) is 14.1. The Bertz CT molecular complexity index is 466. The zero-order valence-electron chi connectivity index (χ0n) is 12.2. The lowest BCUT2D eigenvalue weighted by atomic mass is 10.2. The Morgan fingerprint density at radius 1 is 1.29 bits per heavy atom. The number of guanidine groups is 1. The molecule has 0 spiro atoms. The number of aromatic nitrogens is 2. The van der Waals surface area contributed by atoms with Crippen LogP contribution in [0.2, 0.25) is 0 Å². The minimum absolute atomic E-state index is 0.252. The number of piperazine rings is 1. The van der Waals surface area contributed by atoms with Crippen LogP contribution in [0.4, 0.5) is 5.95 Å². The lowest BCUT2D eigenvalue weighted by molar-refractivity contribution is 0.117. The molecule has 0 bridgehead atoms. The number of hydrogen-bond acceptors (Lipinski definition) is 5. The summed E-state index contributed by atoms with van der Waals surface area (Å²) in [5, 5.41) is 0. The second-order valence-corrected chi connectivity index (χ2v) is 5.36. The van der Waals surface area contributed by atoms with Crippen molar-refractivity contribution in [2.45, 2.75) is 18.9 Å². The number of anilines is 1. The molecule has 2 fully saturated rings. The van der Waals surface area contributed by atoms with E-state index in [0.717, 1.165) is 51.6 Å². The minimum atomic E-state index is 0.252. The summed E-state index contributed by atoms with van der Waals surface area (Å²) in [6.07, 6.45) is 6.02. The summed E-state index contributed by atoms with van der Waals surface area (Å²) in [5.41, 5.74) is 6.08. The molecule has 1 aromatic rings. The second-order valence-electron chi connectivity index (χ2n) is 5.36. The molecule has 1 aromatic heterocycles. The summed E-state index contributed by atoms with van der Waals surface area (Å²) in [7, 11) is 0. The Labute approximate surface area is 124 Å². The Hall–Kier alpha value is -1.89. The monoisotopic (exact) mass is 290 g/mol. The number of nitrogens with zero attached hydrogens (tertiary/aromatic N) is 5. The van der Waals surface area contributed by atoms with Crippen molar-refractivity contribution in [3.8, 4) is 0 Å². The van der Waals surface area contributed by atoms with E-state index in [1.165, 1.54) is 0 Å². The lowest BCUT2D eigenvalue weighted by Crippen LogP contribution is -2.51. The molecule has 7 nitrogen and oxygen atoms in total. The van der Waals surface area contributed by atoms with Crippen molar-refractivity contribution in [1.29, 1.82) is 0 Å². The molecule has 3 rings (SSSR count). The molecular formula is C14H22N6O. The fourth-order valence-electron chi connectivity index (χ4n) is 2.67. The van der Waals surface area contributed by atoms with Crippen LogP contribution in [0.25, 0.3) is 0 Å². The van der Waals surface area contributed by atoms with Gasteiger partial charge in [0.2, 0.25) is 5.95 Å². The summed E-state index contributed by atoms with van der Waals surface area (Å²) in [5.74, 6) is 1.41. The van der Waals surface area contributed by atoms with E-state index in [1.807, 2.05) is 6.07 Å². The van der Waals surface area contributed by atoms with Crippen molar-refractivity contribution in [3.05, 3.63) is 18.5 Å². The first-order valence-electron chi connectivity index (χ1n) is 7.51. The van der Waals surface area contributed by atoms with Gasteiger partial charge in [-0.1, -0.05) is 0 Å². The highest BCUT2D eigenvalue weighted by atomic mass is 16.5. The number of aliphatic imine (C=N–C) groups is 1. The van der Waals surface area contributed by atoms with E-state index in [0.29, 0.717) is 12.5 Å². The summed E-state index contributed by atoms with van der Waals surface area (Å²) in [6.45, 7) is 4.95. The molecular weight excluding hydrogens is 268 g/mol. The molecule has 0 amide bonds. The zero-order valence-corrected chi connectivity index (χ0v) is 12.2. The molecule has 2 saturated heterocycles. The van der Waals surface area contributed by atoms with Gasteiger partial charge in [-0.3, -0.25) is 4.99 Å². The van der Waals surface area contributed by atoms with Crippen molar-refractivity contribution in [1.82, 2.24) is 14.9 Å². The molecule has 7 heteroatoms. The number of nitrogens with two attached hydrogens (primary N) is 1. The van der Waals surface area contributed by atoms with Gasteiger partial charge in [0, 0.05) is 45.2 Å². The maximum absolute atomic E-state index is 6.08. The summed E-state index contributed by atoms with van der Waals surface area (Å²) < 4.78 is 5.56. The van der Waals surface area contributed by atoms with Crippen LogP contribution in [0.3, 0.4) is 0 Å². The molecule has 2 aliphatic rings. The standard InChI is InChI=1S/C14H22N6O/c15-13(18-11-12-3-1-10-21-12)19-6-8-20(9-7-19)14-16-4-2-5-17-14/h2,4-5,12H,1,3,6-11H2,(H2,15,18). The van der Waals surface area contributed by atoms with Crippen molar-refractivity contribution in [2.24, 2.45) is 10.7 Å². The smallest absolute Gasteiger partial charge is 0.225 e. The molecule has 2 N–H and O–H groups in total. The van der Waals surface area contributed by atoms with Crippen molar-refractivity contribution >= 4 is 11.9 Å². The molecule has 0 aromatic carbocycles. The van der Waals surface area contributed by atoms with Crippen LogP contribution in [0.15, 0.2) is 23.5 Å². The maximum atomic E-state index is 6.08. The first-order chi connectivity index (χ1) is 10.3. The molecule has 3 heterocycles. The van der Waals surface area contributed by atoms with E-state index in [2.05, 4.69) is 24.8 Å². The Morgan fingerprint density at radius 2 is 2.05 bits per heavy atom.